The predicted octanol–water partition coefficient (Wildman–Crippen LogP) is 0.540. The quantitative estimate of drug-likeness (QED) is 0.882. The number of nitrogens with zero attached hydrogens (tertiary/aromatic N) is 5. The SMILES string of the molecule is Cc1nc2ccc(N3CCC([C@H]4OCC[C@@H]4C(N)=O)CC3)nn2n1. The van der Waals surface area contributed by atoms with Gasteiger partial charge in [0.15, 0.2) is 11.5 Å². The van der Waals surface area contributed by atoms with E-state index in [1.807, 2.05) is 19.1 Å². The summed E-state index contributed by atoms with van der Waals surface area (Å²) < 4.78 is 7.39. The van der Waals surface area contributed by atoms with Gasteiger partial charge in [0.25, 0.3) is 0 Å². The first-order valence-corrected chi connectivity index (χ1v) is 8.48. The molecule has 2 aromatic heterocycles. The highest BCUT2D eigenvalue weighted by atomic mass is 16.5. The summed E-state index contributed by atoms with van der Waals surface area (Å²) >= 11 is 0. The topological polar surface area (TPSA) is 98.6 Å². The molecule has 2 atom stereocenters. The number of aryl methyl sites for hydroxylation is 1. The molecule has 2 saturated heterocycles. The Morgan fingerprint density at radius 1 is 1.25 bits per heavy atom. The number of fused-ring (bicyclic) bond motifs is 1. The molecule has 4 heterocycles. The van der Waals surface area contributed by atoms with Gasteiger partial charge in [0, 0.05) is 19.7 Å². The average Bonchev–Trinajstić information content (AvgIpc) is 3.19. The third-order valence-electron chi connectivity index (χ3n) is 5.13. The van der Waals surface area contributed by atoms with Gasteiger partial charge in [-0.1, -0.05) is 0 Å². The fourth-order valence-corrected chi connectivity index (χ4v) is 3.88. The number of carbonyl (C=O) groups is 1. The van der Waals surface area contributed by atoms with E-state index in [0.29, 0.717) is 18.3 Å². The van der Waals surface area contributed by atoms with Gasteiger partial charge in [0.05, 0.1) is 12.0 Å². The predicted molar refractivity (Wildman–Crippen MR) is 87.5 cm³/mol. The van der Waals surface area contributed by atoms with Gasteiger partial charge >= 0.3 is 0 Å². The van der Waals surface area contributed by atoms with Crippen LogP contribution in [0.5, 0.6) is 0 Å². The van der Waals surface area contributed by atoms with Crippen molar-refractivity contribution in [3.8, 4) is 0 Å². The Morgan fingerprint density at radius 2 is 2.04 bits per heavy atom. The second-order valence-electron chi connectivity index (χ2n) is 6.66. The van der Waals surface area contributed by atoms with Crippen LogP contribution in [-0.2, 0) is 9.53 Å². The maximum absolute atomic E-state index is 11.6. The molecular formula is C16H22N6O2. The summed E-state index contributed by atoms with van der Waals surface area (Å²) in [5.41, 5.74) is 6.27. The van der Waals surface area contributed by atoms with E-state index >= 15 is 0 Å². The summed E-state index contributed by atoms with van der Waals surface area (Å²) in [6.07, 6.45) is 2.69. The van der Waals surface area contributed by atoms with Crippen LogP contribution >= 0.6 is 0 Å². The Balaban J connectivity index is 1.44. The molecule has 0 radical (unpaired) electrons. The lowest BCUT2D eigenvalue weighted by Gasteiger charge is -2.36. The van der Waals surface area contributed by atoms with Crippen molar-refractivity contribution in [1.82, 2.24) is 19.8 Å². The summed E-state index contributed by atoms with van der Waals surface area (Å²) in [6, 6.07) is 3.93. The molecule has 2 fully saturated rings. The second-order valence-corrected chi connectivity index (χ2v) is 6.66. The molecule has 0 unspecified atom stereocenters. The molecule has 2 aliphatic heterocycles. The Morgan fingerprint density at radius 3 is 2.79 bits per heavy atom. The van der Waals surface area contributed by atoms with Crippen molar-refractivity contribution < 1.29 is 9.53 Å². The Bertz CT molecular complexity index is 752. The number of anilines is 1. The van der Waals surface area contributed by atoms with Crippen molar-refractivity contribution in [3.63, 3.8) is 0 Å². The van der Waals surface area contributed by atoms with Crippen LogP contribution in [0, 0.1) is 18.8 Å². The highest BCUT2D eigenvalue weighted by Gasteiger charge is 2.39. The standard InChI is InChI=1S/C16H22N6O2/c1-10-18-13-2-3-14(20-22(13)19-10)21-7-4-11(5-8-21)15-12(16(17)23)6-9-24-15/h2-3,11-12,15H,4-9H2,1H3,(H2,17,23)/t12-,15+/m0/s1. The van der Waals surface area contributed by atoms with Gasteiger partial charge in [0.1, 0.15) is 5.82 Å². The van der Waals surface area contributed by atoms with Crippen molar-refractivity contribution in [2.75, 3.05) is 24.6 Å². The number of ether oxygens (including phenoxy) is 1. The van der Waals surface area contributed by atoms with Crippen molar-refractivity contribution in [1.29, 1.82) is 0 Å². The number of hydrogen-bond donors (Lipinski definition) is 1. The summed E-state index contributed by atoms with van der Waals surface area (Å²) in [5.74, 6) is 1.65. The molecule has 8 nitrogen and oxygen atoms in total. The highest BCUT2D eigenvalue weighted by molar-refractivity contribution is 5.77. The first kappa shape index (κ1) is 15.3. The van der Waals surface area contributed by atoms with Crippen LogP contribution in [0.4, 0.5) is 5.82 Å². The zero-order valence-electron chi connectivity index (χ0n) is 13.8. The molecule has 2 aromatic rings. The molecule has 128 valence electrons. The number of aromatic nitrogens is 4. The molecule has 0 spiro atoms. The molecule has 1 amide bonds. The van der Waals surface area contributed by atoms with Crippen LogP contribution in [0.2, 0.25) is 0 Å². The lowest BCUT2D eigenvalue weighted by molar-refractivity contribution is -0.124. The summed E-state index contributed by atoms with van der Waals surface area (Å²) in [7, 11) is 0. The van der Waals surface area contributed by atoms with Crippen LogP contribution < -0.4 is 10.6 Å². The molecule has 2 N–H and O–H groups in total. The first-order valence-electron chi connectivity index (χ1n) is 8.48. The van der Waals surface area contributed by atoms with Gasteiger partial charge < -0.3 is 15.4 Å². The van der Waals surface area contributed by atoms with E-state index in [0.717, 1.165) is 43.8 Å². The molecule has 8 heteroatoms. The zero-order valence-corrected chi connectivity index (χ0v) is 13.8. The summed E-state index contributed by atoms with van der Waals surface area (Å²) in [6.45, 7) is 4.28. The molecule has 4 rings (SSSR count). The van der Waals surface area contributed by atoms with Gasteiger partial charge in [-0.3, -0.25) is 4.79 Å². The molecule has 0 bridgehead atoms. The van der Waals surface area contributed by atoms with Crippen molar-refractivity contribution in [2.24, 2.45) is 17.6 Å². The maximum atomic E-state index is 11.6. The van der Waals surface area contributed by atoms with E-state index in [2.05, 4.69) is 20.1 Å². The van der Waals surface area contributed by atoms with Crippen LogP contribution in [0.1, 0.15) is 25.1 Å². The normalized spacial score (nSPS) is 25.5. The number of amides is 1. The van der Waals surface area contributed by atoms with Gasteiger partial charge in [-0.2, -0.15) is 0 Å². The molecule has 0 saturated carbocycles. The average molecular weight is 330 g/mol. The summed E-state index contributed by atoms with van der Waals surface area (Å²) in [4.78, 5) is 18.1. The number of piperidine rings is 1. The van der Waals surface area contributed by atoms with Gasteiger partial charge in [-0.05, 0) is 44.2 Å². The smallest absolute Gasteiger partial charge is 0.223 e. The van der Waals surface area contributed by atoms with Crippen molar-refractivity contribution in [3.05, 3.63) is 18.0 Å². The summed E-state index contributed by atoms with van der Waals surface area (Å²) in [5, 5.41) is 8.82. The number of hydrogen-bond acceptors (Lipinski definition) is 6. The third-order valence-corrected chi connectivity index (χ3v) is 5.13. The van der Waals surface area contributed by atoms with E-state index in [4.69, 9.17) is 10.5 Å². The largest absolute Gasteiger partial charge is 0.377 e. The zero-order chi connectivity index (χ0) is 16.7. The second kappa shape index (κ2) is 6.01. The number of rotatable bonds is 3. The van der Waals surface area contributed by atoms with E-state index in [1.165, 1.54) is 0 Å². The monoisotopic (exact) mass is 330 g/mol. The molecule has 0 aliphatic carbocycles. The van der Waals surface area contributed by atoms with Gasteiger partial charge in [-0.15, -0.1) is 14.8 Å². The molecule has 2 aliphatic rings. The molecule has 0 aromatic carbocycles. The van der Waals surface area contributed by atoms with Gasteiger partial charge in [-0.25, -0.2) is 4.98 Å². The lowest BCUT2D eigenvalue weighted by Crippen LogP contribution is -2.42. The minimum atomic E-state index is -0.228. The number of nitrogens with two attached hydrogens (primary N) is 1. The maximum Gasteiger partial charge on any atom is 0.223 e. The van der Waals surface area contributed by atoms with E-state index in [-0.39, 0.29) is 17.9 Å². The minimum absolute atomic E-state index is 0.0157. The van der Waals surface area contributed by atoms with E-state index in [9.17, 15) is 4.79 Å². The first-order chi connectivity index (χ1) is 11.6. The van der Waals surface area contributed by atoms with Crippen molar-refractivity contribution >= 4 is 17.4 Å². The van der Waals surface area contributed by atoms with Crippen LogP contribution in [0.3, 0.4) is 0 Å². The van der Waals surface area contributed by atoms with Crippen LogP contribution in [0.15, 0.2) is 12.1 Å². The lowest BCUT2D eigenvalue weighted by atomic mass is 9.84. The third kappa shape index (κ3) is 2.71. The van der Waals surface area contributed by atoms with Crippen LogP contribution in [0.25, 0.3) is 5.65 Å². The van der Waals surface area contributed by atoms with Crippen molar-refractivity contribution in [2.45, 2.75) is 32.3 Å². The highest BCUT2D eigenvalue weighted by Crippen LogP contribution is 2.33. The Labute approximate surface area is 140 Å². The number of primary amides is 1. The number of carbonyl (C=O) groups excluding carboxylic acids is 1. The van der Waals surface area contributed by atoms with Crippen LogP contribution in [-0.4, -0.2) is 51.5 Å². The minimum Gasteiger partial charge on any atom is -0.377 e. The fraction of sp³-hybridized carbons (Fsp3) is 0.625. The van der Waals surface area contributed by atoms with E-state index in [1.54, 1.807) is 4.63 Å². The van der Waals surface area contributed by atoms with Gasteiger partial charge in [0.2, 0.25) is 5.91 Å². The fourth-order valence-electron chi connectivity index (χ4n) is 3.88. The van der Waals surface area contributed by atoms with E-state index < -0.39 is 0 Å². The molecule has 24 heavy (non-hydrogen) atoms. The molecular weight excluding hydrogens is 308 g/mol. The Kier molecular flexibility index (Phi) is 3.84. The Hall–Kier alpha value is -2.22.